The van der Waals surface area contributed by atoms with Crippen molar-refractivity contribution in [2.45, 2.75) is 45.2 Å². The molecule has 0 unspecified atom stereocenters. The molecule has 0 saturated carbocycles. The Hall–Kier alpha value is -2.73. The second-order valence-electron chi connectivity index (χ2n) is 8.06. The van der Waals surface area contributed by atoms with Crippen LogP contribution in [0, 0.1) is 0 Å². The van der Waals surface area contributed by atoms with Crippen LogP contribution in [0.25, 0.3) is 0 Å². The Kier molecular flexibility index (Phi) is 6.64. The number of hydrogen-bond acceptors (Lipinski definition) is 5. The first-order valence-electron chi connectivity index (χ1n) is 9.78. The van der Waals surface area contributed by atoms with Crippen molar-refractivity contribution in [3.8, 4) is 11.5 Å². The Morgan fingerprint density at radius 2 is 1.69 bits per heavy atom. The van der Waals surface area contributed by atoms with Crippen LogP contribution < -0.4 is 9.47 Å². The minimum atomic E-state index is -0.539. The first-order chi connectivity index (χ1) is 13.8. The van der Waals surface area contributed by atoms with Crippen LogP contribution in [0.3, 0.4) is 0 Å². The number of carbonyl (C=O) groups excluding carboxylic acids is 1. The Labute approximate surface area is 172 Å². The molecular formula is C23H29NO5. The summed E-state index contributed by atoms with van der Waals surface area (Å²) in [7, 11) is 1.62. The molecule has 1 aliphatic heterocycles. The van der Waals surface area contributed by atoms with Gasteiger partial charge in [0.2, 0.25) is 0 Å². The lowest BCUT2D eigenvalue weighted by atomic mass is 10.2. The van der Waals surface area contributed by atoms with Crippen molar-refractivity contribution in [2.24, 2.45) is 0 Å². The smallest absolute Gasteiger partial charge is 0.410 e. The largest absolute Gasteiger partial charge is 0.489 e. The van der Waals surface area contributed by atoms with Gasteiger partial charge in [-0.3, -0.25) is 0 Å². The summed E-state index contributed by atoms with van der Waals surface area (Å²) in [6.07, 6.45) is -0.862. The van der Waals surface area contributed by atoms with Crippen LogP contribution in [0.15, 0.2) is 54.6 Å². The quantitative estimate of drug-likeness (QED) is 0.726. The Bertz CT molecular complexity index is 802. The van der Waals surface area contributed by atoms with E-state index in [1.165, 1.54) is 0 Å². The van der Waals surface area contributed by atoms with Gasteiger partial charge in [-0.15, -0.1) is 0 Å². The predicted octanol–water partition coefficient (Wildman–Crippen LogP) is 4.28. The molecule has 0 N–H and O–H groups in total. The van der Waals surface area contributed by atoms with E-state index in [0.29, 0.717) is 25.4 Å². The molecule has 1 aliphatic rings. The number of likely N-dealkylation sites (tertiary alicyclic amines) is 1. The molecule has 1 fully saturated rings. The average molecular weight is 399 g/mol. The van der Waals surface area contributed by atoms with E-state index >= 15 is 0 Å². The van der Waals surface area contributed by atoms with Crippen molar-refractivity contribution >= 4 is 6.09 Å². The lowest BCUT2D eigenvalue weighted by Gasteiger charge is -2.24. The second kappa shape index (κ2) is 9.18. The molecule has 0 radical (unpaired) electrons. The van der Waals surface area contributed by atoms with Crippen molar-refractivity contribution in [1.29, 1.82) is 0 Å². The number of nitrogens with zero attached hydrogens (tertiary/aromatic N) is 1. The zero-order valence-electron chi connectivity index (χ0n) is 17.5. The normalized spacial score (nSPS) is 19.1. The Morgan fingerprint density at radius 1 is 1.00 bits per heavy atom. The molecule has 156 valence electrons. The minimum absolute atomic E-state index is 0.226. The van der Waals surface area contributed by atoms with Gasteiger partial charge in [0.1, 0.15) is 35.9 Å². The molecule has 0 aromatic heterocycles. The predicted molar refractivity (Wildman–Crippen MR) is 110 cm³/mol. The summed E-state index contributed by atoms with van der Waals surface area (Å²) in [6, 6.07) is 17.5. The topological polar surface area (TPSA) is 57.2 Å². The van der Waals surface area contributed by atoms with Crippen LogP contribution in [0.5, 0.6) is 11.5 Å². The molecule has 0 spiro atoms. The van der Waals surface area contributed by atoms with Gasteiger partial charge >= 0.3 is 6.09 Å². The Morgan fingerprint density at radius 3 is 2.38 bits per heavy atom. The van der Waals surface area contributed by atoms with E-state index in [1.54, 1.807) is 12.0 Å². The van der Waals surface area contributed by atoms with Crippen molar-refractivity contribution in [3.63, 3.8) is 0 Å². The first-order valence-corrected chi connectivity index (χ1v) is 9.78. The molecule has 2 aromatic carbocycles. The summed E-state index contributed by atoms with van der Waals surface area (Å²) >= 11 is 0. The molecule has 1 amide bonds. The average Bonchev–Trinajstić information content (AvgIpc) is 3.09. The summed E-state index contributed by atoms with van der Waals surface area (Å²) in [6.45, 7) is 6.88. The van der Waals surface area contributed by atoms with Gasteiger partial charge in [0.05, 0.1) is 13.1 Å². The van der Waals surface area contributed by atoms with Gasteiger partial charge in [0.25, 0.3) is 0 Å². The maximum Gasteiger partial charge on any atom is 0.410 e. The van der Waals surface area contributed by atoms with Gasteiger partial charge in [0.15, 0.2) is 0 Å². The zero-order valence-corrected chi connectivity index (χ0v) is 17.5. The number of hydrogen-bond donors (Lipinski definition) is 0. The van der Waals surface area contributed by atoms with E-state index in [4.69, 9.17) is 18.9 Å². The maximum absolute atomic E-state index is 12.4. The van der Waals surface area contributed by atoms with Crippen LogP contribution >= 0.6 is 0 Å². The lowest BCUT2D eigenvalue weighted by Crippen LogP contribution is -2.36. The summed E-state index contributed by atoms with van der Waals surface area (Å²) in [5, 5.41) is 0. The highest BCUT2D eigenvalue weighted by molar-refractivity contribution is 5.68. The van der Waals surface area contributed by atoms with Crippen LogP contribution in [-0.2, 0) is 16.1 Å². The van der Waals surface area contributed by atoms with Gasteiger partial charge in [-0.2, -0.15) is 0 Å². The molecule has 0 bridgehead atoms. The van der Waals surface area contributed by atoms with Crippen LogP contribution in [0.4, 0.5) is 4.79 Å². The standard InChI is InChI=1S/C23H29NO5/c1-23(2,3)29-22(25)24-14-20(26-4)21(15-24)28-19-12-8-11-18(13-19)27-16-17-9-6-5-7-10-17/h5-13,20-21H,14-16H2,1-4H3/t20-,21-/m0/s1. The molecule has 2 atom stereocenters. The molecule has 0 aliphatic carbocycles. The number of benzene rings is 2. The van der Waals surface area contributed by atoms with Gasteiger partial charge in [-0.1, -0.05) is 36.4 Å². The number of rotatable bonds is 6. The fourth-order valence-corrected chi connectivity index (χ4v) is 3.11. The SMILES string of the molecule is CO[C@H]1CN(C(=O)OC(C)(C)C)C[C@@H]1Oc1cccc(OCc2ccccc2)c1. The van der Waals surface area contributed by atoms with E-state index in [-0.39, 0.29) is 18.3 Å². The van der Waals surface area contributed by atoms with Gasteiger partial charge in [0, 0.05) is 13.2 Å². The van der Waals surface area contributed by atoms with Crippen LogP contribution in [-0.4, -0.2) is 49.0 Å². The van der Waals surface area contributed by atoms with E-state index in [2.05, 4.69) is 0 Å². The number of amides is 1. The fraction of sp³-hybridized carbons (Fsp3) is 0.435. The third-order valence-corrected chi connectivity index (χ3v) is 4.51. The monoisotopic (exact) mass is 399 g/mol. The molecule has 3 rings (SSSR count). The van der Waals surface area contributed by atoms with Gasteiger partial charge < -0.3 is 23.8 Å². The van der Waals surface area contributed by atoms with Crippen molar-refractivity contribution in [1.82, 2.24) is 4.90 Å². The van der Waals surface area contributed by atoms with Crippen molar-refractivity contribution in [3.05, 3.63) is 60.2 Å². The van der Waals surface area contributed by atoms with Crippen molar-refractivity contribution < 1.29 is 23.7 Å². The fourth-order valence-electron chi connectivity index (χ4n) is 3.11. The third-order valence-electron chi connectivity index (χ3n) is 4.51. The second-order valence-corrected chi connectivity index (χ2v) is 8.06. The Balaban J connectivity index is 1.60. The highest BCUT2D eigenvalue weighted by Gasteiger charge is 2.38. The molecular weight excluding hydrogens is 370 g/mol. The maximum atomic E-state index is 12.4. The number of methoxy groups -OCH3 is 1. The lowest BCUT2D eigenvalue weighted by molar-refractivity contribution is 0.0241. The highest BCUT2D eigenvalue weighted by atomic mass is 16.6. The number of ether oxygens (including phenoxy) is 4. The minimum Gasteiger partial charge on any atom is -0.489 e. The van der Waals surface area contributed by atoms with Gasteiger partial charge in [-0.25, -0.2) is 4.79 Å². The zero-order chi connectivity index (χ0) is 20.9. The van der Waals surface area contributed by atoms with E-state index < -0.39 is 5.60 Å². The van der Waals surface area contributed by atoms with Crippen LogP contribution in [0.1, 0.15) is 26.3 Å². The first kappa shape index (κ1) is 21.0. The molecule has 1 heterocycles. The highest BCUT2D eigenvalue weighted by Crippen LogP contribution is 2.25. The van der Waals surface area contributed by atoms with Crippen molar-refractivity contribution in [2.75, 3.05) is 20.2 Å². The molecule has 1 saturated heterocycles. The molecule has 2 aromatic rings. The van der Waals surface area contributed by atoms with E-state index in [1.807, 2.05) is 75.4 Å². The number of carbonyl (C=O) groups is 1. The summed E-state index contributed by atoms with van der Waals surface area (Å²) in [5.74, 6) is 1.40. The third kappa shape index (κ3) is 6.12. The summed E-state index contributed by atoms with van der Waals surface area (Å²) < 4.78 is 23.0. The van der Waals surface area contributed by atoms with E-state index in [9.17, 15) is 4.79 Å². The van der Waals surface area contributed by atoms with Crippen LogP contribution in [0.2, 0.25) is 0 Å². The van der Waals surface area contributed by atoms with E-state index in [0.717, 1.165) is 11.3 Å². The summed E-state index contributed by atoms with van der Waals surface area (Å²) in [5.41, 5.74) is 0.560. The van der Waals surface area contributed by atoms with Gasteiger partial charge in [-0.05, 0) is 38.5 Å². The molecule has 6 heteroatoms. The molecule has 29 heavy (non-hydrogen) atoms. The summed E-state index contributed by atoms with van der Waals surface area (Å²) in [4.78, 5) is 14.0. The molecule has 6 nitrogen and oxygen atoms in total.